The van der Waals surface area contributed by atoms with Gasteiger partial charge in [-0.25, -0.2) is 8.42 Å². The van der Waals surface area contributed by atoms with Crippen LogP contribution >= 0.6 is 11.6 Å². The number of amides is 2. The van der Waals surface area contributed by atoms with Gasteiger partial charge in [-0.1, -0.05) is 35.9 Å². The van der Waals surface area contributed by atoms with Crippen molar-refractivity contribution in [3.05, 3.63) is 64.7 Å². The smallest absolute Gasteiger partial charge is 0.229 e. The van der Waals surface area contributed by atoms with Crippen LogP contribution in [0.2, 0.25) is 5.02 Å². The van der Waals surface area contributed by atoms with Gasteiger partial charge in [0, 0.05) is 36.8 Å². The number of piperidine rings is 1. The Balaban J connectivity index is 1.42. The molecule has 2 aromatic carbocycles. The van der Waals surface area contributed by atoms with Gasteiger partial charge < -0.3 is 10.6 Å². The van der Waals surface area contributed by atoms with Crippen LogP contribution < -0.4 is 5.73 Å². The third kappa shape index (κ3) is 5.29. The van der Waals surface area contributed by atoms with Gasteiger partial charge in [-0.2, -0.15) is 0 Å². The first kappa shape index (κ1) is 24.7. The zero-order valence-electron chi connectivity index (χ0n) is 19.2. The summed E-state index contributed by atoms with van der Waals surface area (Å²) in [7, 11) is -3.24. The van der Waals surface area contributed by atoms with Crippen molar-refractivity contribution < 1.29 is 18.0 Å². The van der Waals surface area contributed by atoms with Crippen LogP contribution in [0.15, 0.2) is 53.4 Å². The third-order valence-electron chi connectivity index (χ3n) is 7.15. The lowest BCUT2D eigenvalue weighted by atomic mass is 9.76. The predicted octanol–water partition coefficient (Wildman–Crippen LogP) is 3.17. The molecule has 1 spiro atoms. The number of nitrogens with zero attached hydrogens (tertiary/aromatic N) is 2. The van der Waals surface area contributed by atoms with Crippen molar-refractivity contribution in [2.45, 2.75) is 43.2 Å². The molecule has 0 bridgehead atoms. The summed E-state index contributed by atoms with van der Waals surface area (Å²) >= 11 is 6.18. The number of carbonyl (C=O) groups excluding carboxylic acids is 2. The molecule has 1 unspecified atom stereocenters. The van der Waals surface area contributed by atoms with E-state index >= 15 is 0 Å². The van der Waals surface area contributed by atoms with Gasteiger partial charge in [-0.3, -0.25) is 14.5 Å². The summed E-state index contributed by atoms with van der Waals surface area (Å²) in [5.41, 5.74) is 7.04. The highest BCUT2D eigenvalue weighted by molar-refractivity contribution is 7.90. The quantitative estimate of drug-likeness (QED) is 0.625. The molecule has 2 amide bonds. The van der Waals surface area contributed by atoms with Crippen LogP contribution in [-0.2, 0) is 26.0 Å². The van der Waals surface area contributed by atoms with E-state index in [0.29, 0.717) is 31.2 Å². The van der Waals surface area contributed by atoms with Crippen molar-refractivity contribution >= 4 is 33.3 Å². The molecule has 2 aliphatic heterocycles. The second kappa shape index (κ2) is 9.68. The largest absolute Gasteiger partial charge is 0.370 e. The van der Waals surface area contributed by atoms with Crippen LogP contribution in [-0.4, -0.2) is 55.9 Å². The Bertz CT molecular complexity index is 1170. The maximum Gasteiger partial charge on any atom is 0.229 e. The molecule has 2 heterocycles. The highest BCUT2D eigenvalue weighted by atomic mass is 35.5. The number of carbonyl (C=O) groups is 2. The number of halogens is 1. The number of hydrogen-bond donors (Lipinski definition) is 1. The van der Waals surface area contributed by atoms with Crippen LogP contribution in [0.4, 0.5) is 0 Å². The fraction of sp³-hybridized carbons (Fsp3) is 0.440. The minimum absolute atomic E-state index is 0.158. The zero-order valence-corrected chi connectivity index (χ0v) is 20.8. The first-order valence-corrected chi connectivity index (χ1v) is 13.7. The highest BCUT2D eigenvalue weighted by Gasteiger charge is 2.48. The Labute approximate surface area is 205 Å². The van der Waals surface area contributed by atoms with Gasteiger partial charge >= 0.3 is 0 Å². The van der Waals surface area contributed by atoms with Crippen molar-refractivity contribution in [2.75, 3.05) is 25.9 Å². The molecule has 0 radical (unpaired) electrons. The minimum atomic E-state index is -3.24. The molecule has 0 aliphatic carbocycles. The molecule has 2 saturated heterocycles. The molecule has 0 aromatic heterocycles. The number of rotatable bonds is 7. The number of likely N-dealkylation sites (tertiary alicyclic amines) is 2. The molecule has 2 aromatic rings. The molecule has 9 heteroatoms. The summed E-state index contributed by atoms with van der Waals surface area (Å²) in [6, 6.07) is 14.1. The first-order chi connectivity index (χ1) is 16.1. The van der Waals surface area contributed by atoms with E-state index in [2.05, 4.69) is 4.90 Å². The third-order valence-corrected chi connectivity index (χ3v) is 8.51. The lowest BCUT2D eigenvalue weighted by Gasteiger charge is -2.41. The van der Waals surface area contributed by atoms with Crippen LogP contribution in [0.5, 0.6) is 0 Å². The van der Waals surface area contributed by atoms with E-state index in [1.54, 1.807) is 30.3 Å². The highest BCUT2D eigenvalue weighted by Crippen LogP contribution is 2.44. The van der Waals surface area contributed by atoms with E-state index in [9.17, 15) is 18.0 Å². The number of sulfone groups is 1. The maximum atomic E-state index is 13.4. The molecular formula is C25H30ClN3O4S. The van der Waals surface area contributed by atoms with Gasteiger partial charge in [0.2, 0.25) is 11.8 Å². The Morgan fingerprint density at radius 3 is 2.32 bits per heavy atom. The molecule has 2 aliphatic rings. The minimum Gasteiger partial charge on any atom is -0.370 e. The van der Waals surface area contributed by atoms with E-state index in [0.717, 1.165) is 30.4 Å². The SMILES string of the molecule is CS(=O)(=O)c1ccc(CN2CCC3(CCN(C(CC(N)=O)c4cccc(Cl)c4)CC3)C2=O)cc1. The fourth-order valence-electron chi connectivity index (χ4n) is 5.20. The first-order valence-electron chi connectivity index (χ1n) is 11.4. The average Bonchev–Trinajstić information content (AvgIpc) is 3.07. The second-order valence-electron chi connectivity index (χ2n) is 9.45. The summed E-state index contributed by atoms with van der Waals surface area (Å²) in [6.45, 7) is 2.56. The average molecular weight is 504 g/mol. The number of hydrogen-bond acceptors (Lipinski definition) is 5. The topological polar surface area (TPSA) is 101 Å². The predicted molar refractivity (Wildman–Crippen MR) is 131 cm³/mol. The summed E-state index contributed by atoms with van der Waals surface area (Å²) in [6.07, 6.45) is 3.65. The van der Waals surface area contributed by atoms with Gasteiger partial charge in [0.25, 0.3) is 0 Å². The monoisotopic (exact) mass is 503 g/mol. The molecule has 2 N–H and O–H groups in total. The van der Waals surface area contributed by atoms with Crippen molar-refractivity contribution in [1.82, 2.24) is 9.80 Å². The maximum absolute atomic E-state index is 13.4. The van der Waals surface area contributed by atoms with Crippen molar-refractivity contribution in [1.29, 1.82) is 0 Å². The molecule has 1 atom stereocenters. The lowest BCUT2D eigenvalue weighted by Crippen LogP contribution is -2.46. The molecule has 4 rings (SSSR count). The van der Waals surface area contributed by atoms with E-state index < -0.39 is 9.84 Å². The lowest BCUT2D eigenvalue weighted by molar-refractivity contribution is -0.139. The fourth-order valence-corrected chi connectivity index (χ4v) is 6.03. The Morgan fingerprint density at radius 1 is 1.09 bits per heavy atom. The van der Waals surface area contributed by atoms with Gasteiger partial charge in [0.15, 0.2) is 9.84 Å². The molecule has 34 heavy (non-hydrogen) atoms. The van der Waals surface area contributed by atoms with E-state index in [1.807, 2.05) is 23.1 Å². The van der Waals surface area contributed by atoms with Crippen molar-refractivity contribution in [2.24, 2.45) is 11.1 Å². The van der Waals surface area contributed by atoms with Crippen molar-refractivity contribution in [3.63, 3.8) is 0 Å². The Morgan fingerprint density at radius 2 is 1.74 bits per heavy atom. The van der Waals surface area contributed by atoms with E-state index in [1.165, 1.54) is 6.26 Å². The normalized spacial score (nSPS) is 19.5. The van der Waals surface area contributed by atoms with E-state index in [4.69, 9.17) is 17.3 Å². The van der Waals surface area contributed by atoms with Crippen LogP contribution in [0.3, 0.4) is 0 Å². The van der Waals surface area contributed by atoms with Crippen molar-refractivity contribution in [3.8, 4) is 0 Å². The molecular weight excluding hydrogens is 474 g/mol. The number of benzene rings is 2. The van der Waals surface area contributed by atoms with Crippen LogP contribution in [0.1, 0.15) is 42.9 Å². The zero-order chi connectivity index (χ0) is 24.5. The number of primary amides is 1. The summed E-state index contributed by atoms with van der Waals surface area (Å²) in [4.78, 5) is 29.6. The molecule has 182 valence electrons. The van der Waals surface area contributed by atoms with Crippen LogP contribution in [0, 0.1) is 5.41 Å². The second-order valence-corrected chi connectivity index (χ2v) is 11.9. The van der Waals surface area contributed by atoms with Gasteiger partial charge in [-0.05, 0) is 67.7 Å². The van der Waals surface area contributed by atoms with Gasteiger partial charge in [0.1, 0.15) is 0 Å². The summed E-state index contributed by atoms with van der Waals surface area (Å²) in [5, 5.41) is 0.617. The Kier molecular flexibility index (Phi) is 7.03. The van der Waals surface area contributed by atoms with E-state index in [-0.39, 0.29) is 34.6 Å². The van der Waals surface area contributed by atoms with Crippen LogP contribution in [0.25, 0.3) is 0 Å². The molecule has 0 saturated carbocycles. The molecule has 2 fully saturated rings. The summed E-state index contributed by atoms with van der Waals surface area (Å²) < 4.78 is 23.4. The number of nitrogens with two attached hydrogens (primary N) is 1. The Hall–Kier alpha value is -2.42. The van der Waals surface area contributed by atoms with Gasteiger partial charge in [0.05, 0.1) is 10.3 Å². The molecule has 7 nitrogen and oxygen atoms in total. The summed E-state index contributed by atoms with van der Waals surface area (Å²) in [5.74, 6) is -0.205. The standard InChI is InChI=1S/C25H30ClN3O4S/c1-34(32,33)21-7-5-18(6-8-21)17-29-14-11-25(24(29)31)9-12-28(13-10-25)22(16-23(27)30)19-3-2-4-20(26)15-19/h2-8,15,22H,9-14,16-17H2,1H3,(H2,27,30). The van der Waals surface area contributed by atoms with Gasteiger partial charge in [-0.15, -0.1) is 0 Å².